The van der Waals surface area contributed by atoms with Crippen LogP contribution in [0.5, 0.6) is 5.75 Å². The number of hydrazone groups is 1. The predicted octanol–water partition coefficient (Wildman–Crippen LogP) is 2.85. The van der Waals surface area contributed by atoms with Crippen molar-refractivity contribution in [3.63, 3.8) is 0 Å². The molecule has 0 aliphatic carbocycles. The van der Waals surface area contributed by atoms with Gasteiger partial charge in [-0.1, -0.05) is 40.2 Å². The Bertz CT molecular complexity index is 624. The van der Waals surface area contributed by atoms with Crippen LogP contribution in [0, 0.1) is 0 Å². The Kier molecular flexibility index (Phi) is 4.90. The second-order valence-electron chi connectivity index (χ2n) is 4.19. The van der Waals surface area contributed by atoms with Crippen molar-refractivity contribution >= 4 is 28.1 Å². The lowest BCUT2D eigenvalue weighted by Gasteiger charge is -2.00. The molecule has 0 spiro atoms. The van der Waals surface area contributed by atoms with Crippen LogP contribution in [0.1, 0.15) is 11.1 Å². The number of amides is 1. The number of carbonyl (C=O) groups is 1. The third-order valence-electron chi connectivity index (χ3n) is 2.55. The lowest BCUT2D eigenvalue weighted by atomic mass is 10.1. The maximum atomic E-state index is 11.7. The molecule has 0 bridgehead atoms. The minimum Gasteiger partial charge on any atom is -0.508 e. The third-order valence-corrected chi connectivity index (χ3v) is 3.08. The number of aromatic hydroxyl groups is 1. The third kappa shape index (κ3) is 4.51. The lowest BCUT2D eigenvalue weighted by Crippen LogP contribution is -2.19. The first-order valence-electron chi connectivity index (χ1n) is 5.99. The number of nitrogens with zero attached hydrogens (tertiary/aromatic N) is 1. The summed E-state index contributed by atoms with van der Waals surface area (Å²) in [5.41, 5.74) is 4.08. The van der Waals surface area contributed by atoms with Crippen LogP contribution in [0.15, 0.2) is 58.1 Å². The molecule has 0 atom stereocenters. The van der Waals surface area contributed by atoms with Crippen molar-refractivity contribution in [2.45, 2.75) is 6.42 Å². The number of phenols is 1. The smallest absolute Gasteiger partial charge is 0.244 e. The van der Waals surface area contributed by atoms with E-state index in [1.54, 1.807) is 24.3 Å². The molecular formula is C15H13BrN2O2. The topological polar surface area (TPSA) is 61.7 Å². The maximum Gasteiger partial charge on any atom is 0.244 e. The van der Waals surface area contributed by atoms with Crippen LogP contribution in [-0.2, 0) is 11.2 Å². The predicted molar refractivity (Wildman–Crippen MR) is 81.7 cm³/mol. The summed E-state index contributed by atoms with van der Waals surface area (Å²) >= 11 is 3.34. The van der Waals surface area contributed by atoms with E-state index in [-0.39, 0.29) is 18.1 Å². The first-order valence-corrected chi connectivity index (χ1v) is 6.78. The molecule has 0 aliphatic heterocycles. The Morgan fingerprint density at radius 2 is 2.00 bits per heavy atom. The normalized spacial score (nSPS) is 10.7. The minimum atomic E-state index is -0.191. The molecule has 0 aromatic heterocycles. The number of nitrogens with one attached hydrogen (secondary N) is 1. The zero-order valence-corrected chi connectivity index (χ0v) is 12.2. The summed E-state index contributed by atoms with van der Waals surface area (Å²) in [6.07, 6.45) is 1.75. The summed E-state index contributed by atoms with van der Waals surface area (Å²) < 4.78 is 0.976. The highest BCUT2D eigenvalue weighted by molar-refractivity contribution is 9.10. The maximum absolute atomic E-state index is 11.7. The van der Waals surface area contributed by atoms with Crippen LogP contribution in [0.2, 0.25) is 0 Å². The summed E-state index contributed by atoms with van der Waals surface area (Å²) in [5, 5.41) is 13.1. The number of rotatable bonds is 4. The standard InChI is InChI=1S/C15H13BrN2O2/c16-13-6-4-11(5-7-13)9-15(20)18-17-10-12-2-1-3-14(19)8-12/h1-8,10,19H,9H2,(H,18,20)/b17-10+. The van der Waals surface area contributed by atoms with Crippen molar-refractivity contribution < 1.29 is 9.90 Å². The number of halogens is 1. The van der Waals surface area contributed by atoms with E-state index in [2.05, 4.69) is 26.5 Å². The average molecular weight is 333 g/mol. The van der Waals surface area contributed by atoms with Gasteiger partial charge in [0.1, 0.15) is 5.75 Å². The van der Waals surface area contributed by atoms with E-state index in [0.29, 0.717) is 5.56 Å². The van der Waals surface area contributed by atoms with Crippen molar-refractivity contribution in [2.24, 2.45) is 5.10 Å². The van der Waals surface area contributed by atoms with Gasteiger partial charge in [-0.3, -0.25) is 4.79 Å². The summed E-state index contributed by atoms with van der Waals surface area (Å²) in [4.78, 5) is 11.7. The van der Waals surface area contributed by atoms with Crippen LogP contribution in [-0.4, -0.2) is 17.2 Å². The van der Waals surface area contributed by atoms with Crippen molar-refractivity contribution in [3.05, 3.63) is 64.1 Å². The number of hydrogen-bond donors (Lipinski definition) is 2. The highest BCUT2D eigenvalue weighted by Gasteiger charge is 2.01. The molecule has 0 aliphatic rings. The van der Waals surface area contributed by atoms with Gasteiger partial charge in [-0.05, 0) is 35.4 Å². The van der Waals surface area contributed by atoms with E-state index in [1.807, 2.05) is 24.3 Å². The van der Waals surface area contributed by atoms with Gasteiger partial charge in [0.2, 0.25) is 5.91 Å². The van der Waals surface area contributed by atoms with Gasteiger partial charge in [-0.15, -0.1) is 0 Å². The molecule has 102 valence electrons. The Morgan fingerprint density at radius 3 is 2.70 bits per heavy atom. The fraction of sp³-hybridized carbons (Fsp3) is 0.0667. The molecule has 0 radical (unpaired) electrons. The molecule has 0 fully saturated rings. The summed E-state index contributed by atoms with van der Waals surface area (Å²) in [5.74, 6) is -0.0288. The fourth-order valence-electron chi connectivity index (χ4n) is 1.61. The van der Waals surface area contributed by atoms with Crippen LogP contribution in [0.4, 0.5) is 0 Å². The van der Waals surface area contributed by atoms with Crippen molar-refractivity contribution in [3.8, 4) is 5.75 Å². The van der Waals surface area contributed by atoms with Gasteiger partial charge in [-0.25, -0.2) is 5.43 Å². The van der Waals surface area contributed by atoms with Gasteiger partial charge in [0.25, 0.3) is 0 Å². The molecule has 2 N–H and O–H groups in total. The van der Waals surface area contributed by atoms with Crippen molar-refractivity contribution in [1.29, 1.82) is 0 Å². The molecule has 4 nitrogen and oxygen atoms in total. The Balaban J connectivity index is 1.87. The molecule has 0 saturated carbocycles. The summed E-state index contributed by atoms with van der Waals surface area (Å²) in [6, 6.07) is 14.2. The molecule has 20 heavy (non-hydrogen) atoms. The van der Waals surface area contributed by atoms with E-state index < -0.39 is 0 Å². The lowest BCUT2D eigenvalue weighted by molar-refractivity contribution is -0.120. The second-order valence-corrected chi connectivity index (χ2v) is 5.11. The molecule has 2 rings (SSSR count). The van der Waals surface area contributed by atoms with E-state index in [9.17, 15) is 9.90 Å². The number of benzene rings is 2. The molecular weight excluding hydrogens is 320 g/mol. The Labute approximate surface area is 125 Å². The van der Waals surface area contributed by atoms with Gasteiger partial charge in [0, 0.05) is 4.47 Å². The van der Waals surface area contributed by atoms with E-state index >= 15 is 0 Å². The monoisotopic (exact) mass is 332 g/mol. The molecule has 0 heterocycles. The molecule has 2 aromatic rings. The Hall–Kier alpha value is -2.14. The highest BCUT2D eigenvalue weighted by atomic mass is 79.9. The minimum absolute atomic E-state index is 0.162. The summed E-state index contributed by atoms with van der Waals surface area (Å²) in [6.45, 7) is 0. The van der Waals surface area contributed by atoms with Crippen molar-refractivity contribution in [1.82, 2.24) is 5.43 Å². The second kappa shape index (κ2) is 6.86. The number of phenolic OH excluding ortho intramolecular Hbond substituents is 1. The van der Waals surface area contributed by atoms with Crippen LogP contribution in [0.3, 0.4) is 0 Å². The largest absolute Gasteiger partial charge is 0.508 e. The highest BCUT2D eigenvalue weighted by Crippen LogP contribution is 2.11. The number of hydrogen-bond acceptors (Lipinski definition) is 3. The van der Waals surface area contributed by atoms with E-state index in [0.717, 1.165) is 10.0 Å². The van der Waals surface area contributed by atoms with Crippen LogP contribution in [0.25, 0.3) is 0 Å². The molecule has 0 unspecified atom stereocenters. The zero-order valence-electron chi connectivity index (χ0n) is 10.6. The first-order chi connectivity index (χ1) is 9.63. The molecule has 1 amide bonds. The quantitative estimate of drug-likeness (QED) is 0.668. The SMILES string of the molecule is O=C(Cc1ccc(Br)cc1)N/N=C/c1cccc(O)c1. The van der Waals surface area contributed by atoms with Crippen LogP contribution < -0.4 is 5.43 Å². The van der Waals surface area contributed by atoms with Gasteiger partial charge in [-0.2, -0.15) is 5.10 Å². The van der Waals surface area contributed by atoms with E-state index in [4.69, 9.17) is 0 Å². The fourth-order valence-corrected chi connectivity index (χ4v) is 1.88. The number of carbonyl (C=O) groups excluding carboxylic acids is 1. The molecule has 0 saturated heterocycles. The average Bonchev–Trinajstić information content (AvgIpc) is 2.41. The van der Waals surface area contributed by atoms with Gasteiger partial charge >= 0.3 is 0 Å². The first kappa shape index (κ1) is 14.3. The van der Waals surface area contributed by atoms with E-state index in [1.165, 1.54) is 6.21 Å². The van der Waals surface area contributed by atoms with Crippen molar-refractivity contribution in [2.75, 3.05) is 0 Å². The summed E-state index contributed by atoms with van der Waals surface area (Å²) in [7, 11) is 0. The van der Waals surface area contributed by atoms with Gasteiger partial charge in [0.15, 0.2) is 0 Å². The van der Waals surface area contributed by atoms with Gasteiger partial charge in [0.05, 0.1) is 12.6 Å². The molecule has 5 heteroatoms. The van der Waals surface area contributed by atoms with Crippen LogP contribution >= 0.6 is 15.9 Å². The Morgan fingerprint density at radius 1 is 1.25 bits per heavy atom. The zero-order chi connectivity index (χ0) is 14.4. The molecule has 2 aromatic carbocycles. The van der Waals surface area contributed by atoms with Gasteiger partial charge < -0.3 is 5.11 Å².